The van der Waals surface area contributed by atoms with Crippen LogP contribution in [0.25, 0.3) is 0 Å². The van der Waals surface area contributed by atoms with Gasteiger partial charge in [0, 0.05) is 20.2 Å². The lowest BCUT2D eigenvalue weighted by Gasteiger charge is -2.21. The third kappa shape index (κ3) is 4.16. The number of thiophene rings is 1. The second-order valence-corrected chi connectivity index (χ2v) is 7.68. The first-order valence-electron chi connectivity index (χ1n) is 7.17. The molecule has 0 saturated carbocycles. The van der Waals surface area contributed by atoms with E-state index in [1.54, 1.807) is 30.6 Å². The summed E-state index contributed by atoms with van der Waals surface area (Å²) in [5.74, 6) is 0. The lowest BCUT2D eigenvalue weighted by Crippen LogP contribution is -2.33. The molecule has 0 fully saturated rings. The maximum atomic E-state index is 12.8. The zero-order valence-corrected chi connectivity index (χ0v) is 14.5. The Kier molecular flexibility index (Phi) is 6.14. The number of hydrogen-bond acceptors (Lipinski definition) is 4. The number of ether oxygens (including phenoxy) is 1. The molecule has 2 rings (SSSR count). The Morgan fingerprint density at radius 2 is 1.86 bits per heavy atom. The molecule has 1 aromatic heterocycles. The molecule has 0 saturated heterocycles. The standard InChI is InChI=1S/C16H21NO3S2/c1-3-14-4-6-16(7-5-14)22(18,19)17(9-10-20-2)12-15-8-11-21-13-15/h4-8,11,13H,3,9-10,12H2,1-2H3. The van der Waals surface area contributed by atoms with Gasteiger partial charge in [0.15, 0.2) is 0 Å². The van der Waals surface area contributed by atoms with Gasteiger partial charge in [-0.2, -0.15) is 15.6 Å². The van der Waals surface area contributed by atoms with E-state index in [9.17, 15) is 8.42 Å². The minimum Gasteiger partial charge on any atom is -0.383 e. The summed E-state index contributed by atoms with van der Waals surface area (Å²) in [6.45, 7) is 3.12. The van der Waals surface area contributed by atoms with Crippen LogP contribution >= 0.6 is 11.3 Å². The van der Waals surface area contributed by atoms with Crippen LogP contribution in [-0.2, 0) is 27.7 Å². The van der Waals surface area contributed by atoms with Crippen LogP contribution in [0.3, 0.4) is 0 Å². The number of aryl methyl sites for hydroxylation is 1. The third-order valence-electron chi connectivity index (χ3n) is 3.45. The molecule has 4 nitrogen and oxygen atoms in total. The van der Waals surface area contributed by atoms with Gasteiger partial charge >= 0.3 is 0 Å². The van der Waals surface area contributed by atoms with Crippen molar-refractivity contribution in [1.82, 2.24) is 4.31 Å². The average molecular weight is 339 g/mol. The fourth-order valence-corrected chi connectivity index (χ4v) is 4.18. The molecule has 0 radical (unpaired) electrons. The Morgan fingerprint density at radius 3 is 2.41 bits per heavy atom. The van der Waals surface area contributed by atoms with Crippen LogP contribution < -0.4 is 0 Å². The topological polar surface area (TPSA) is 46.6 Å². The Bertz CT molecular complexity index is 664. The van der Waals surface area contributed by atoms with Crippen LogP contribution in [0.2, 0.25) is 0 Å². The van der Waals surface area contributed by atoms with Gasteiger partial charge in [0.1, 0.15) is 0 Å². The van der Waals surface area contributed by atoms with Crippen LogP contribution in [-0.4, -0.2) is 33.0 Å². The van der Waals surface area contributed by atoms with Gasteiger partial charge in [-0.3, -0.25) is 0 Å². The molecule has 0 aliphatic heterocycles. The number of sulfonamides is 1. The van der Waals surface area contributed by atoms with Crippen molar-refractivity contribution in [2.24, 2.45) is 0 Å². The van der Waals surface area contributed by atoms with Crippen LogP contribution in [0.5, 0.6) is 0 Å². The van der Waals surface area contributed by atoms with Crippen molar-refractivity contribution in [1.29, 1.82) is 0 Å². The van der Waals surface area contributed by atoms with E-state index in [0.29, 0.717) is 24.6 Å². The van der Waals surface area contributed by atoms with Gasteiger partial charge in [-0.1, -0.05) is 19.1 Å². The SMILES string of the molecule is CCc1ccc(S(=O)(=O)N(CCOC)Cc2ccsc2)cc1. The highest BCUT2D eigenvalue weighted by molar-refractivity contribution is 7.89. The molecule has 120 valence electrons. The van der Waals surface area contributed by atoms with E-state index in [0.717, 1.165) is 17.5 Å². The summed E-state index contributed by atoms with van der Waals surface area (Å²) in [5, 5.41) is 3.92. The van der Waals surface area contributed by atoms with Crippen LogP contribution in [0, 0.1) is 0 Å². The maximum Gasteiger partial charge on any atom is 0.243 e. The molecule has 0 unspecified atom stereocenters. The third-order valence-corrected chi connectivity index (χ3v) is 6.04. The molecule has 6 heteroatoms. The fraction of sp³-hybridized carbons (Fsp3) is 0.375. The smallest absolute Gasteiger partial charge is 0.243 e. The van der Waals surface area contributed by atoms with Gasteiger partial charge in [0.2, 0.25) is 10.0 Å². The zero-order valence-electron chi connectivity index (χ0n) is 12.9. The van der Waals surface area contributed by atoms with Crippen molar-refractivity contribution in [3.63, 3.8) is 0 Å². The first-order chi connectivity index (χ1) is 10.6. The fourth-order valence-electron chi connectivity index (χ4n) is 2.11. The van der Waals surface area contributed by atoms with E-state index in [2.05, 4.69) is 0 Å². The summed E-state index contributed by atoms with van der Waals surface area (Å²) in [6.07, 6.45) is 0.891. The Morgan fingerprint density at radius 1 is 1.14 bits per heavy atom. The molecule has 1 heterocycles. The highest BCUT2D eigenvalue weighted by atomic mass is 32.2. The monoisotopic (exact) mass is 339 g/mol. The lowest BCUT2D eigenvalue weighted by molar-refractivity contribution is 0.177. The molecule has 0 spiro atoms. The van der Waals surface area contributed by atoms with Gasteiger partial charge in [0.25, 0.3) is 0 Å². The highest BCUT2D eigenvalue weighted by Gasteiger charge is 2.24. The number of hydrogen-bond donors (Lipinski definition) is 0. The van der Waals surface area contributed by atoms with E-state index in [1.165, 1.54) is 4.31 Å². The molecule has 0 atom stereocenters. The van der Waals surface area contributed by atoms with E-state index in [1.807, 2.05) is 35.9 Å². The van der Waals surface area contributed by atoms with Crippen molar-refractivity contribution in [2.45, 2.75) is 24.8 Å². The van der Waals surface area contributed by atoms with Crippen molar-refractivity contribution < 1.29 is 13.2 Å². The maximum absolute atomic E-state index is 12.8. The van der Waals surface area contributed by atoms with Gasteiger partial charge in [0.05, 0.1) is 11.5 Å². The molecule has 1 aromatic carbocycles. The second-order valence-electron chi connectivity index (χ2n) is 4.96. The summed E-state index contributed by atoms with van der Waals surface area (Å²) < 4.78 is 32.2. The minimum absolute atomic E-state index is 0.330. The van der Waals surface area contributed by atoms with Gasteiger partial charge in [-0.15, -0.1) is 0 Å². The normalized spacial score (nSPS) is 12.0. The lowest BCUT2D eigenvalue weighted by atomic mass is 10.2. The van der Waals surface area contributed by atoms with E-state index < -0.39 is 10.0 Å². The van der Waals surface area contributed by atoms with E-state index in [4.69, 9.17) is 4.74 Å². The van der Waals surface area contributed by atoms with Gasteiger partial charge < -0.3 is 4.74 Å². The summed E-state index contributed by atoms with van der Waals surface area (Å²) in [7, 11) is -1.94. The Hall–Kier alpha value is -1.21. The van der Waals surface area contributed by atoms with Gasteiger partial charge in [-0.25, -0.2) is 8.42 Å². The molecular formula is C16H21NO3S2. The second kappa shape index (κ2) is 7.87. The van der Waals surface area contributed by atoms with Crippen LogP contribution in [0.1, 0.15) is 18.1 Å². The van der Waals surface area contributed by atoms with Gasteiger partial charge in [-0.05, 0) is 46.5 Å². The van der Waals surface area contributed by atoms with Crippen LogP contribution in [0.15, 0.2) is 46.0 Å². The number of rotatable bonds is 8. The number of nitrogens with zero attached hydrogens (tertiary/aromatic N) is 1. The highest BCUT2D eigenvalue weighted by Crippen LogP contribution is 2.20. The first kappa shape index (κ1) is 17.1. The minimum atomic E-state index is -3.52. The quantitative estimate of drug-likeness (QED) is 0.742. The van der Waals surface area contributed by atoms with E-state index >= 15 is 0 Å². The van der Waals surface area contributed by atoms with Crippen molar-refractivity contribution in [3.8, 4) is 0 Å². The summed E-state index contributed by atoms with van der Waals surface area (Å²) in [6, 6.07) is 9.04. The average Bonchev–Trinajstić information content (AvgIpc) is 3.04. The number of benzene rings is 1. The van der Waals surface area contributed by atoms with E-state index in [-0.39, 0.29) is 0 Å². The molecule has 0 bridgehead atoms. The molecule has 0 amide bonds. The Labute approximate surface area is 136 Å². The molecule has 22 heavy (non-hydrogen) atoms. The largest absolute Gasteiger partial charge is 0.383 e. The summed E-state index contributed by atoms with van der Waals surface area (Å²) >= 11 is 1.56. The number of methoxy groups -OCH3 is 1. The predicted molar refractivity (Wildman–Crippen MR) is 89.6 cm³/mol. The zero-order chi connectivity index (χ0) is 16.0. The molecular weight excluding hydrogens is 318 g/mol. The molecule has 0 aliphatic carbocycles. The van der Waals surface area contributed by atoms with Crippen molar-refractivity contribution in [2.75, 3.05) is 20.3 Å². The summed E-state index contributed by atoms with van der Waals surface area (Å²) in [4.78, 5) is 0.330. The molecule has 0 aliphatic rings. The van der Waals surface area contributed by atoms with Crippen molar-refractivity contribution >= 4 is 21.4 Å². The molecule has 2 aromatic rings. The van der Waals surface area contributed by atoms with Crippen molar-refractivity contribution in [3.05, 3.63) is 52.2 Å². The van der Waals surface area contributed by atoms with Crippen LogP contribution in [0.4, 0.5) is 0 Å². The Balaban J connectivity index is 2.26. The molecule has 0 N–H and O–H groups in total. The predicted octanol–water partition coefficient (Wildman–Crippen LogP) is 3.15. The first-order valence-corrected chi connectivity index (χ1v) is 9.55. The summed E-state index contributed by atoms with van der Waals surface area (Å²) in [5.41, 5.74) is 2.12.